The van der Waals surface area contributed by atoms with Crippen LogP contribution in [0.1, 0.15) is 19.0 Å². The first-order chi connectivity index (χ1) is 6.86. The van der Waals surface area contributed by atoms with Crippen molar-refractivity contribution in [3.8, 4) is 0 Å². The molecule has 0 bridgehead atoms. The first-order valence-electron chi connectivity index (χ1n) is 5.10. The summed E-state index contributed by atoms with van der Waals surface area (Å²) >= 11 is 0. The molecule has 1 N–H and O–H groups in total. The number of aliphatic hydroxyl groups excluding tert-OH is 1. The third-order valence-electron chi connectivity index (χ3n) is 2.19. The molecule has 1 heterocycles. The maximum Gasteiger partial charge on any atom is 0.0543 e. The Labute approximate surface area is 85.4 Å². The Hall–Kier alpha value is -0.930. The third-order valence-corrected chi connectivity index (χ3v) is 2.19. The standard InChI is InChI=1S/C11H18N2O/c1-2-13(8-5-9-14)10-11-6-3-4-7-12-11/h3-4,6-7,14H,2,5,8-10H2,1H3. The van der Waals surface area contributed by atoms with Crippen LogP contribution in [-0.4, -0.2) is 34.7 Å². The van der Waals surface area contributed by atoms with Gasteiger partial charge in [-0.1, -0.05) is 13.0 Å². The van der Waals surface area contributed by atoms with Crippen LogP contribution in [0, 0.1) is 0 Å². The molecule has 1 aromatic heterocycles. The van der Waals surface area contributed by atoms with Crippen molar-refractivity contribution in [3.05, 3.63) is 30.1 Å². The highest BCUT2D eigenvalue weighted by molar-refractivity contribution is 5.03. The molecule has 78 valence electrons. The van der Waals surface area contributed by atoms with Crippen molar-refractivity contribution in [2.24, 2.45) is 0 Å². The van der Waals surface area contributed by atoms with Gasteiger partial charge in [0.05, 0.1) is 5.69 Å². The predicted molar refractivity (Wildman–Crippen MR) is 56.9 cm³/mol. The average molecular weight is 194 g/mol. The summed E-state index contributed by atoms with van der Waals surface area (Å²) in [5.74, 6) is 0. The molecule has 0 saturated carbocycles. The molecular formula is C11H18N2O. The topological polar surface area (TPSA) is 36.4 Å². The van der Waals surface area contributed by atoms with Crippen molar-refractivity contribution in [3.63, 3.8) is 0 Å². The first-order valence-corrected chi connectivity index (χ1v) is 5.10. The number of rotatable bonds is 6. The van der Waals surface area contributed by atoms with Gasteiger partial charge in [0.15, 0.2) is 0 Å². The van der Waals surface area contributed by atoms with Gasteiger partial charge in [0.2, 0.25) is 0 Å². The molecule has 3 heteroatoms. The zero-order valence-corrected chi connectivity index (χ0v) is 8.69. The summed E-state index contributed by atoms with van der Waals surface area (Å²) in [7, 11) is 0. The highest BCUT2D eigenvalue weighted by Gasteiger charge is 2.02. The highest BCUT2D eigenvalue weighted by Crippen LogP contribution is 2.01. The normalized spacial score (nSPS) is 10.8. The lowest BCUT2D eigenvalue weighted by molar-refractivity contribution is 0.224. The Morgan fingerprint density at radius 3 is 2.86 bits per heavy atom. The Balaban J connectivity index is 2.40. The number of aromatic nitrogens is 1. The molecule has 1 aromatic rings. The van der Waals surface area contributed by atoms with Gasteiger partial charge in [-0.25, -0.2) is 0 Å². The van der Waals surface area contributed by atoms with Crippen molar-refractivity contribution >= 4 is 0 Å². The fourth-order valence-electron chi connectivity index (χ4n) is 1.36. The van der Waals surface area contributed by atoms with Crippen LogP contribution >= 0.6 is 0 Å². The van der Waals surface area contributed by atoms with Crippen molar-refractivity contribution < 1.29 is 5.11 Å². The van der Waals surface area contributed by atoms with Crippen molar-refractivity contribution in [1.82, 2.24) is 9.88 Å². The Bertz CT molecular complexity index is 238. The average Bonchev–Trinajstić information content (AvgIpc) is 2.25. The van der Waals surface area contributed by atoms with E-state index in [2.05, 4.69) is 16.8 Å². The molecule has 0 saturated heterocycles. The molecule has 0 unspecified atom stereocenters. The maximum absolute atomic E-state index is 8.73. The van der Waals surface area contributed by atoms with E-state index in [0.29, 0.717) is 0 Å². The lowest BCUT2D eigenvalue weighted by atomic mass is 10.3. The number of aliphatic hydroxyl groups is 1. The van der Waals surface area contributed by atoms with Crippen molar-refractivity contribution in [2.45, 2.75) is 19.9 Å². The second-order valence-corrected chi connectivity index (χ2v) is 3.27. The van der Waals surface area contributed by atoms with Crippen molar-refractivity contribution in [2.75, 3.05) is 19.7 Å². The molecular weight excluding hydrogens is 176 g/mol. The van der Waals surface area contributed by atoms with E-state index < -0.39 is 0 Å². The number of hydrogen-bond acceptors (Lipinski definition) is 3. The third kappa shape index (κ3) is 3.85. The van der Waals surface area contributed by atoms with E-state index in [1.807, 2.05) is 24.4 Å². The van der Waals surface area contributed by atoms with E-state index in [1.165, 1.54) is 0 Å². The predicted octanol–water partition coefficient (Wildman–Crippen LogP) is 1.29. The van der Waals surface area contributed by atoms with Gasteiger partial charge in [-0.05, 0) is 25.1 Å². The smallest absolute Gasteiger partial charge is 0.0543 e. The first kappa shape index (κ1) is 11.1. The van der Waals surface area contributed by atoms with Gasteiger partial charge in [-0.3, -0.25) is 9.88 Å². The van der Waals surface area contributed by atoms with Gasteiger partial charge in [-0.2, -0.15) is 0 Å². The summed E-state index contributed by atoms with van der Waals surface area (Å²) < 4.78 is 0. The van der Waals surface area contributed by atoms with Gasteiger partial charge in [0.1, 0.15) is 0 Å². The molecule has 0 atom stereocenters. The molecule has 0 amide bonds. The lowest BCUT2D eigenvalue weighted by Gasteiger charge is -2.18. The summed E-state index contributed by atoms with van der Waals surface area (Å²) in [4.78, 5) is 6.55. The molecule has 0 fully saturated rings. The van der Waals surface area contributed by atoms with Crippen LogP contribution in [0.15, 0.2) is 24.4 Å². The Morgan fingerprint density at radius 2 is 2.29 bits per heavy atom. The van der Waals surface area contributed by atoms with Gasteiger partial charge in [0.25, 0.3) is 0 Å². The Morgan fingerprint density at radius 1 is 1.43 bits per heavy atom. The van der Waals surface area contributed by atoms with E-state index in [0.717, 1.165) is 31.7 Å². The van der Waals surface area contributed by atoms with Gasteiger partial charge in [-0.15, -0.1) is 0 Å². The van der Waals surface area contributed by atoms with Crippen LogP contribution in [-0.2, 0) is 6.54 Å². The number of pyridine rings is 1. The molecule has 1 rings (SSSR count). The second-order valence-electron chi connectivity index (χ2n) is 3.27. The van der Waals surface area contributed by atoms with Gasteiger partial charge in [0, 0.05) is 25.9 Å². The van der Waals surface area contributed by atoms with E-state index in [-0.39, 0.29) is 6.61 Å². The monoisotopic (exact) mass is 194 g/mol. The van der Waals surface area contributed by atoms with E-state index >= 15 is 0 Å². The van der Waals surface area contributed by atoms with Crippen molar-refractivity contribution in [1.29, 1.82) is 0 Å². The molecule has 0 aromatic carbocycles. The summed E-state index contributed by atoms with van der Waals surface area (Å²) in [6.45, 7) is 5.19. The second kappa shape index (κ2) is 6.51. The molecule has 0 aliphatic carbocycles. The minimum absolute atomic E-state index is 0.263. The number of hydrogen-bond donors (Lipinski definition) is 1. The van der Waals surface area contributed by atoms with Crippen LogP contribution < -0.4 is 0 Å². The quantitative estimate of drug-likeness (QED) is 0.741. The largest absolute Gasteiger partial charge is 0.396 e. The van der Waals surface area contributed by atoms with E-state index in [1.54, 1.807) is 0 Å². The van der Waals surface area contributed by atoms with Crippen LogP contribution in [0.25, 0.3) is 0 Å². The van der Waals surface area contributed by atoms with E-state index in [4.69, 9.17) is 5.11 Å². The lowest BCUT2D eigenvalue weighted by Crippen LogP contribution is -2.25. The zero-order valence-electron chi connectivity index (χ0n) is 8.69. The van der Waals surface area contributed by atoms with Crippen LogP contribution in [0.2, 0.25) is 0 Å². The molecule has 3 nitrogen and oxygen atoms in total. The molecule has 0 aliphatic rings. The zero-order chi connectivity index (χ0) is 10.2. The van der Waals surface area contributed by atoms with E-state index in [9.17, 15) is 0 Å². The van der Waals surface area contributed by atoms with Crippen LogP contribution in [0.3, 0.4) is 0 Å². The summed E-state index contributed by atoms with van der Waals surface area (Å²) in [6.07, 6.45) is 2.65. The fraction of sp³-hybridized carbons (Fsp3) is 0.545. The minimum Gasteiger partial charge on any atom is -0.396 e. The number of nitrogens with zero attached hydrogens (tertiary/aromatic N) is 2. The molecule has 0 spiro atoms. The molecule has 0 aliphatic heterocycles. The Kier molecular flexibility index (Phi) is 5.19. The van der Waals surface area contributed by atoms with Gasteiger partial charge < -0.3 is 5.11 Å². The summed E-state index contributed by atoms with van der Waals surface area (Å²) in [6, 6.07) is 5.96. The van der Waals surface area contributed by atoms with Gasteiger partial charge >= 0.3 is 0 Å². The minimum atomic E-state index is 0.263. The van der Waals surface area contributed by atoms with Crippen LogP contribution in [0.5, 0.6) is 0 Å². The summed E-state index contributed by atoms with van der Waals surface area (Å²) in [5, 5.41) is 8.73. The maximum atomic E-state index is 8.73. The van der Waals surface area contributed by atoms with Crippen LogP contribution in [0.4, 0.5) is 0 Å². The fourth-order valence-corrected chi connectivity index (χ4v) is 1.36. The SMILES string of the molecule is CCN(CCCO)Cc1ccccn1. The molecule has 14 heavy (non-hydrogen) atoms. The summed E-state index contributed by atoms with van der Waals surface area (Å²) in [5.41, 5.74) is 1.09. The molecule has 0 radical (unpaired) electrons. The highest BCUT2D eigenvalue weighted by atomic mass is 16.3.